The molecule has 2 N–H and O–H groups in total. The van der Waals surface area contributed by atoms with E-state index in [4.69, 9.17) is 0 Å². The Bertz CT molecular complexity index is 874. The molecule has 0 atom stereocenters. The summed E-state index contributed by atoms with van der Waals surface area (Å²) < 4.78 is 12.9. The molecule has 2 amide bonds. The molecular formula is C18H14FN3O2S. The predicted molar refractivity (Wildman–Crippen MR) is 98.0 cm³/mol. The van der Waals surface area contributed by atoms with Gasteiger partial charge in [0.15, 0.2) is 5.17 Å². The number of nitrogens with zero attached hydrogens (tertiary/aromatic N) is 1. The molecule has 1 fully saturated rings. The molecule has 25 heavy (non-hydrogen) atoms. The van der Waals surface area contributed by atoms with Crippen LogP contribution >= 0.6 is 11.8 Å². The minimum atomic E-state index is -0.338. The lowest BCUT2D eigenvalue weighted by atomic mass is 10.2. The van der Waals surface area contributed by atoms with E-state index in [2.05, 4.69) is 15.6 Å². The second-order valence-corrected chi connectivity index (χ2v) is 6.29. The lowest BCUT2D eigenvalue weighted by Crippen LogP contribution is -2.19. The summed E-state index contributed by atoms with van der Waals surface area (Å²) in [6.07, 6.45) is 1.74. The maximum absolute atomic E-state index is 12.9. The van der Waals surface area contributed by atoms with Crippen LogP contribution in [-0.2, 0) is 9.59 Å². The quantitative estimate of drug-likeness (QED) is 0.825. The van der Waals surface area contributed by atoms with Gasteiger partial charge < -0.3 is 10.6 Å². The van der Waals surface area contributed by atoms with Crippen LogP contribution in [0.25, 0.3) is 6.08 Å². The van der Waals surface area contributed by atoms with Crippen LogP contribution in [0.15, 0.2) is 58.4 Å². The minimum Gasteiger partial charge on any atom is -0.326 e. The van der Waals surface area contributed by atoms with Gasteiger partial charge in [-0.15, -0.1) is 0 Å². The first-order valence-electron chi connectivity index (χ1n) is 7.42. The second-order valence-electron chi connectivity index (χ2n) is 5.26. The number of hydrogen-bond donors (Lipinski definition) is 2. The van der Waals surface area contributed by atoms with Gasteiger partial charge in [0.1, 0.15) is 5.82 Å². The number of aliphatic imine (C=N–C) groups is 1. The third-order valence-electron chi connectivity index (χ3n) is 3.24. The van der Waals surface area contributed by atoms with Crippen LogP contribution in [0, 0.1) is 5.82 Å². The topological polar surface area (TPSA) is 70.6 Å². The number of amides is 2. The standard InChI is InChI=1S/C18H14FN3O2S/c1-11(23)20-14-6-2-12(3-7-14)10-16-17(24)22-18(25-16)21-15-8-4-13(19)5-9-15/h2-10H,1H3,(H,20,23)(H,21,22,24)/b16-10-. The van der Waals surface area contributed by atoms with Gasteiger partial charge in [-0.25, -0.2) is 9.38 Å². The van der Waals surface area contributed by atoms with Crippen LogP contribution in [0.1, 0.15) is 12.5 Å². The van der Waals surface area contributed by atoms with E-state index >= 15 is 0 Å². The van der Waals surface area contributed by atoms with Crippen molar-refractivity contribution >= 4 is 46.2 Å². The summed E-state index contributed by atoms with van der Waals surface area (Å²) in [5, 5.41) is 5.80. The molecule has 0 unspecified atom stereocenters. The maximum Gasteiger partial charge on any atom is 0.264 e. The van der Waals surface area contributed by atoms with Crippen molar-refractivity contribution in [1.82, 2.24) is 5.32 Å². The average Bonchev–Trinajstić information content (AvgIpc) is 2.90. The summed E-state index contributed by atoms with van der Waals surface area (Å²) in [5.74, 6) is -0.717. The zero-order valence-electron chi connectivity index (χ0n) is 13.2. The van der Waals surface area contributed by atoms with E-state index in [1.54, 1.807) is 30.3 Å². The average molecular weight is 355 g/mol. The van der Waals surface area contributed by atoms with Gasteiger partial charge >= 0.3 is 0 Å². The molecular weight excluding hydrogens is 341 g/mol. The van der Waals surface area contributed by atoms with Crippen molar-refractivity contribution in [3.05, 3.63) is 64.8 Å². The SMILES string of the molecule is CC(=O)Nc1ccc(/C=C2\SC(=Nc3ccc(F)cc3)NC2=O)cc1. The number of anilines is 1. The zero-order chi connectivity index (χ0) is 17.8. The highest BCUT2D eigenvalue weighted by atomic mass is 32.2. The van der Waals surface area contributed by atoms with Crippen LogP contribution in [0.5, 0.6) is 0 Å². The van der Waals surface area contributed by atoms with Crippen molar-refractivity contribution in [1.29, 1.82) is 0 Å². The Morgan fingerprint density at radius 2 is 1.84 bits per heavy atom. The highest BCUT2D eigenvalue weighted by molar-refractivity contribution is 8.18. The number of rotatable bonds is 3. The highest BCUT2D eigenvalue weighted by Crippen LogP contribution is 2.28. The first-order valence-corrected chi connectivity index (χ1v) is 8.24. The van der Waals surface area contributed by atoms with Crippen molar-refractivity contribution in [3.8, 4) is 0 Å². The van der Waals surface area contributed by atoms with Gasteiger partial charge in [-0.3, -0.25) is 9.59 Å². The number of carbonyl (C=O) groups excluding carboxylic acids is 2. The Balaban J connectivity index is 1.74. The molecule has 5 nitrogen and oxygen atoms in total. The number of halogens is 1. The maximum atomic E-state index is 12.9. The summed E-state index contributed by atoms with van der Waals surface area (Å²) in [4.78, 5) is 27.8. The minimum absolute atomic E-state index is 0.140. The molecule has 1 aliphatic heterocycles. The van der Waals surface area contributed by atoms with Gasteiger partial charge in [0.2, 0.25) is 5.91 Å². The fourth-order valence-electron chi connectivity index (χ4n) is 2.13. The Labute approximate surface area is 148 Å². The van der Waals surface area contributed by atoms with Crippen LogP contribution < -0.4 is 10.6 Å². The Kier molecular flexibility index (Phi) is 4.95. The lowest BCUT2D eigenvalue weighted by molar-refractivity contribution is -0.115. The van der Waals surface area contributed by atoms with E-state index < -0.39 is 0 Å². The molecule has 2 aromatic carbocycles. The summed E-state index contributed by atoms with van der Waals surface area (Å²) in [5.41, 5.74) is 2.08. The smallest absolute Gasteiger partial charge is 0.264 e. The number of thioether (sulfide) groups is 1. The molecule has 0 saturated carbocycles. The van der Waals surface area contributed by atoms with Crippen LogP contribution in [-0.4, -0.2) is 17.0 Å². The second kappa shape index (κ2) is 7.31. The molecule has 1 aliphatic rings. The van der Waals surface area contributed by atoms with Crippen molar-refractivity contribution < 1.29 is 14.0 Å². The van der Waals surface area contributed by atoms with E-state index in [0.29, 0.717) is 21.4 Å². The number of amidine groups is 1. The van der Waals surface area contributed by atoms with Crippen LogP contribution in [0.3, 0.4) is 0 Å². The van der Waals surface area contributed by atoms with Gasteiger partial charge in [0.05, 0.1) is 10.6 Å². The van der Waals surface area contributed by atoms with Crippen molar-refractivity contribution in [2.24, 2.45) is 4.99 Å². The summed E-state index contributed by atoms with van der Waals surface area (Å²) in [6.45, 7) is 1.44. The molecule has 0 radical (unpaired) electrons. The fourth-order valence-corrected chi connectivity index (χ4v) is 2.97. The monoisotopic (exact) mass is 355 g/mol. The number of nitrogens with one attached hydrogen (secondary N) is 2. The highest BCUT2D eigenvalue weighted by Gasteiger charge is 2.23. The van der Waals surface area contributed by atoms with E-state index in [1.165, 1.54) is 43.0 Å². The zero-order valence-corrected chi connectivity index (χ0v) is 14.1. The lowest BCUT2D eigenvalue weighted by Gasteiger charge is -2.02. The Hall–Kier alpha value is -2.93. The van der Waals surface area contributed by atoms with E-state index in [9.17, 15) is 14.0 Å². The number of benzene rings is 2. The predicted octanol–water partition coefficient (Wildman–Crippen LogP) is 3.68. The van der Waals surface area contributed by atoms with Crippen LogP contribution in [0.4, 0.5) is 15.8 Å². The molecule has 7 heteroatoms. The van der Waals surface area contributed by atoms with E-state index in [-0.39, 0.29) is 17.6 Å². The third kappa shape index (κ3) is 4.54. The Morgan fingerprint density at radius 3 is 2.48 bits per heavy atom. The summed E-state index contributed by atoms with van der Waals surface area (Å²) in [7, 11) is 0. The van der Waals surface area contributed by atoms with Crippen LogP contribution in [0.2, 0.25) is 0 Å². The molecule has 2 aromatic rings. The molecule has 0 spiro atoms. The number of carbonyl (C=O) groups is 2. The molecule has 0 bridgehead atoms. The van der Waals surface area contributed by atoms with Gasteiger partial charge in [0.25, 0.3) is 5.91 Å². The molecule has 0 aliphatic carbocycles. The van der Waals surface area contributed by atoms with E-state index in [0.717, 1.165) is 5.56 Å². The number of hydrogen-bond acceptors (Lipinski definition) is 4. The molecule has 3 rings (SSSR count). The first-order chi connectivity index (χ1) is 12.0. The third-order valence-corrected chi connectivity index (χ3v) is 4.15. The van der Waals surface area contributed by atoms with Crippen molar-refractivity contribution in [3.63, 3.8) is 0 Å². The van der Waals surface area contributed by atoms with Gasteiger partial charge in [0, 0.05) is 12.6 Å². The fraction of sp³-hybridized carbons (Fsp3) is 0.0556. The van der Waals surface area contributed by atoms with E-state index in [1.807, 2.05) is 0 Å². The molecule has 1 heterocycles. The summed E-state index contributed by atoms with van der Waals surface area (Å²) in [6, 6.07) is 12.8. The van der Waals surface area contributed by atoms with Gasteiger partial charge in [-0.1, -0.05) is 12.1 Å². The molecule has 126 valence electrons. The molecule has 1 saturated heterocycles. The largest absolute Gasteiger partial charge is 0.326 e. The first kappa shape index (κ1) is 16.9. The van der Waals surface area contributed by atoms with Gasteiger partial charge in [-0.05, 0) is 59.8 Å². The van der Waals surface area contributed by atoms with Gasteiger partial charge in [-0.2, -0.15) is 0 Å². The summed E-state index contributed by atoms with van der Waals surface area (Å²) >= 11 is 1.21. The Morgan fingerprint density at radius 1 is 1.16 bits per heavy atom. The van der Waals surface area contributed by atoms with Crippen molar-refractivity contribution in [2.75, 3.05) is 5.32 Å². The molecule has 0 aromatic heterocycles. The van der Waals surface area contributed by atoms with Crippen molar-refractivity contribution in [2.45, 2.75) is 6.92 Å². The normalized spacial score (nSPS) is 17.0.